The highest BCUT2D eigenvalue weighted by Crippen LogP contribution is 2.35. The van der Waals surface area contributed by atoms with Crippen LogP contribution in [0.3, 0.4) is 0 Å². The molecule has 0 aliphatic rings. The van der Waals surface area contributed by atoms with E-state index >= 15 is 0 Å². The zero-order chi connectivity index (χ0) is 13.6. The van der Waals surface area contributed by atoms with Crippen molar-refractivity contribution in [2.45, 2.75) is 47.0 Å². The van der Waals surface area contributed by atoms with Crippen LogP contribution in [0.5, 0.6) is 5.75 Å². The molecule has 0 saturated heterocycles. The fraction of sp³-hybridized carbons (Fsp3) is 0.467. The maximum atomic E-state index is 5.33. The summed E-state index contributed by atoms with van der Waals surface area (Å²) in [5, 5.41) is 0. The molecule has 0 aliphatic carbocycles. The predicted octanol–water partition coefficient (Wildman–Crippen LogP) is 4.21. The third-order valence-corrected chi connectivity index (χ3v) is 2.41. The van der Waals surface area contributed by atoms with Crippen molar-refractivity contribution in [3.63, 3.8) is 0 Å². The standard InChI is InChI=1S/C13H19NO.C2H6/c1-6-10-7-9(2)8-11(12(10)15-14)13(3,4)5;1-2/h6-8H,1,14H2,2-5H3;1-2H3. The van der Waals surface area contributed by atoms with Gasteiger partial charge in [-0.2, -0.15) is 5.90 Å². The van der Waals surface area contributed by atoms with Gasteiger partial charge in [-0.05, 0) is 24.0 Å². The van der Waals surface area contributed by atoms with Crippen LogP contribution in [0.15, 0.2) is 18.7 Å². The maximum Gasteiger partial charge on any atom is 0.157 e. The lowest BCUT2D eigenvalue weighted by Gasteiger charge is -2.23. The summed E-state index contributed by atoms with van der Waals surface area (Å²) in [5.74, 6) is 6.05. The largest absolute Gasteiger partial charge is 0.411 e. The summed E-state index contributed by atoms with van der Waals surface area (Å²) in [6.07, 6.45) is 1.77. The van der Waals surface area contributed by atoms with E-state index < -0.39 is 0 Å². The Morgan fingerprint density at radius 1 is 1.24 bits per heavy atom. The SMILES string of the molecule is C=Cc1cc(C)cc(C(C)(C)C)c1ON.CC. The van der Waals surface area contributed by atoms with Gasteiger partial charge in [0.1, 0.15) is 0 Å². The molecule has 0 spiro atoms. The molecule has 17 heavy (non-hydrogen) atoms. The first-order valence-corrected chi connectivity index (χ1v) is 6.04. The summed E-state index contributed by atoms with van der Waals surface area (Å²) < 4.78 is 0. The third-order valence-electron chi connectivity index (χ3n) is 2.41. The smallest absolute Gasteiger partial charge is 0.157 e. The molecule has 0 heterocycles. The van der Waals surface area contributed by atoms with Crippen molar-refractivity contribution in [1.29, 1.82) is 0 Å². The van der Waals surface area contributed by atoms with Crippen LogP contribution in [-0.4, -0.2) is 0 Å². The van der Waals surface area contributed by atoms with E-state index in [4.69, 9.17) is 10.7 Å². The average Bonchev–Trinajstić information content (AvgIpc) is 2.29. The number of nitrogens with two attached hydrogens (primary N) is 1. The molecule has 0 fully saturated rings. The third kappa shape index (κ3) is 3.90. The molecule has 0 amide bonds. The zero-order valence-corrected chi connectivity index (χ0v) is 11.9. The van der Waals surface area contributed by atoms with E-state index in [1.165, 1.54) is 5.56 Å². The minimum atomic E-state index is 0.0124. The van der Waals surface area contributed by atoms with Crippen LogP contribution in [0.1, 0.15) is 51.3 Å². The van der Waals surface area contributed by atoms with E-state index in [1.807, 2.05) is 19.9 Å². The average molecular weight is 235 g/mol. The molecule has 2 N–H and O–H groups in total. The van der Waals surface area contributed by atoms with Gasteiger partial charge in [-0.3, -0.25) is 0 Å². The Morgan fingerprint density at radius 2 is 1.76 bits per heavy atom. The lowest BCUT2D eigenvalue weighted by atomic mass is 9.84. The molecule has 1 aromatic carbocycles. The van der Waals surface area contributed by atoms with Gasteiger partial charge in [0, 0.05) is 11.1 Å². The highest BCUT2D eigenvalue weighted by molar-refractivity contribution is 5.61. The van der Waals surface area contributed by atoms with Crippen LogP contribution in [0, 0.1) is 6.92 Å². The van der Waals surface area contributed by atoms with Gasteiger partial charge in [0.2, 0.25) is 0 Å². The molecule has 1 aromatic rings. The second-order valence-corrected chi connectivity index (χ2v) is 4.80. The van der Waals surface area contributed by atoms with Gasteiger partial charge in [-0.25, -0.2) is 0 Å². The second-order valence-electron chi connectivity index (χ2n) is 4.80. The molecule has 0 aliphatic heterocycles. The van der Waals surface area contributed by atoms with Gasteiger partial charge >= 0.3 is 0 Å². The van der Waals surface area contributed by atoms with E-state index in [0.717, 1.165) is 16.9 Å². The molecule has 1 rings (SSSR count). The first kappa shape index (κ1) is 15.7. The van der Waals surface area contributed by atoms with E-state index in [2.05, 4.69) is 40.3 Å². The predicted molar refractivity (Wildman–Crippen MR) is 76.1 cm³/mol. The van der Waals surface area contributed by atoms with Crippen molar-refractivity contribution >= 4 is 6.08 Å². The molecular weight excluding hydrogens is 210 g/mol. The van der Waals surface area contributed by atoms with Gasteiger partial charge in [0.05, 0.1) is 0 Å². The van der Waals surface area contributed by atoms with E-state index in [9.17, 15) is 0 Å². The van der Waals surface area contributed by atoms with Crippen molar-refractivity contribution in [2.75, 3.05) is 0 Å². The first-order chi connectivity index (χ1) is 7.90. The van der Waals surface area contributed by atoms with Crippen LogP contribution >= 0.6 is 0 Å². The lowest BCUT2D eigenvalue weighted by Crippen LogP contribution is -2.16. The molecule has 0 aromatic heterocycles. The van der Waals surface area contributed by atoms with Crippen molar-refractivity contribution in [3.8, 4) is 5.75 Å². The summed E-state index contributed by atoms with van der Waals surface area (Å²) in [7, 11) is 0. The Morgan fingerprint density at radius 3 is 2.12 bits per heavy atom. The monoisotopic (exact) mass is 235 g/mol. The number of hydrogen-bond donors (Lipinski definition) is 1. The van der Waals surface area contributed by atoms with Crippen LogP contribution < -0.4 is 10.7 Å². The summed E-state index contributed by atoms with van der Waals surface area (Å²) in [6, 6.07) is 4.12. The summed E-state index contributed by atoms with van der Waals surface area (Å²) >= 11 is 0. The van der Waals surface area contributed by atoms with Crippen molar-refractivity contribution in [3.05, 3.63) is 35.4 Å². The molecule has 0 radical (unpaired) electrons. The molecule has 0 atom stereocenters. The Bertz CT molecular complexity index is 375. The number of aryl methyl sites for hydroxylation is 1. The van der Waals surface area contributed by atoms with E-state index in [0.29, 0.717) is 0 Å². The normalized spacial score (nSPS) is 10.3. The molecule has 2 heteroatoms. The van der Waals surface area contributed by atoms with Crippen LogP contribution in [0.4, 0.5) is 0 Å². The summed E-state index contributed by atoms with van der Waals surface area (Å²) in [6.45, 7) is 16.2. The van der Waals surface area contributed by atoms with Crippen LogP contribution in [-0.2, 0) is 5.41 Å². The van der Waals surface area contributed by atoms with E-state index in [1.54, 1.807) is 6.08 Å². The quantitative estimate of drug-likeness (QED) is 0.779. The molecule has 0 unspecified atom stereocenters. The Kier molecular flexibility index (Phi) is 5.97. The Balaban J connectivity index is 0.00000121. The molecule has 0 bridgehead atoms. The number of benzene rings is 1. The molecule has 0 saturated carbocycles. The topological polar surface area (TPSA) is 35.2 Å². The van der Waals surface area contributed by atoms with Crippen LogP contribution in [0.2, 0.25) is 0 Å². The first-order valence-electron chi connectivity index (χ1n) is 6.04. The molecule has 2 nitrogen and oxygen atoms in total. The zero-order valence-electron chi connectivity index (χ0n) is 11.9. The maximum absolute atomic E-state index is 5.33. The summed E-state index contributed by atoms with van der Waals surface area (Å²) in [4.78, 5) is 4.98. The lowest BCUT2D eigenvalue weighted by molar-refractivity contribution is 0.323. The fourth-order valence-electron chi connectivity index (χ4n) is 1.64. The molecular formula is C15H25NO. The Hall–Kier alpha value is -1.28. The minimum absolute atomic E-state index is 0.0124. The Labute approximate surface area is 105 Å². The highest BCUT2D eigenvalue weighted by Gasteiger charge is 2.21. The minimum Gasteiger partial charge on any atom is -0.411 e. The van der Waals surface area contributed by atoms with Gasteiger partial charge in [0.15, 0.2) is 5.75 Å². The summed E-state index contributed by atoms with van der Waals surface area (Å²) in [5.41, 5.74) is 3.26. The fourth-order valence-corrected chi connectivity index (χ4v) is 1.64. The highest BCUT2D eigenvalue weighted by atomic mass is 16.6. The van der Waals surface area contributed by atoms with Crippen molar-refractivity contribution < 1.29 is 4.84 Å². The number of hydrogen-bond acceptors (Lipinski definition) is 2. The van der Waals surface area contributed by atoms with E-state index in [-0.39, 0.29) is 5.41 Å². The van der Waals surface area contributed by atoms with Gasteiger partial charge in [-0.1, -0.05) is 53.3 Å². The molecule has 96 valence electrons. The van der Waals surface area contributed by atoms with Gasteiger partial charge < -0.3 is 4.84 Å². The van der Waals surface area contributed by atoms with Gasteiger partial charge in [0.25, 0.3) is 0 Å². The second kappa shape index (κ2) is 6.45. The van der Waals surface area contributed by atoms with Crippen LogP contribution in [0.25, 0.3) is 6.08 Å². The van der Waals surface area contributed by atoms with Crippen molar-refractivity contribution in [2.24, 2.45) is 5.90 Å². The van der Waals surface area contributed by atoms with Gasteiger partial charge in [-0.15, -0.1) is 0 Å². The number of rotatable bonds is 2. The van der Waals surface area contributed by atoms with Crippen molar-refractivity contribution in [1.82, 2.24) is 0 Å².